The van der Waals surface area contributed by atoms with E-state index in [0.29, 0.717) is 16.4 Å². The summed E-state index contributed by atoms with van der Waals surface area (Å²) in [4.78, 5) is 16.1. The number of rotatable bonds is 3. The van der Waals surface area contributed by atoms with Crippen molar-refractivity contribution in [3.05, 3.63) is 59.0 Å². The summed E-state index contributed by atoms with van der Waals surface area (Å²) in [6.45, 7) is 0. The largest absolute Gasteiger partial charge is 0.452 e. The lowest BCUT2D eigenvalue weighted by Gasteiger charge is -2.11. The van der Waals surface area contributed by atoms with Crippen molar-refractivity contribution < 1.29 is 9.21 Å². The van der Waals surface area contributed by atoms with Gasteiger partial charge < -0.3 is 9.73 Å². The molecule has 0 aliphatic carbocycles. The van der Waals surface area contributed by atoms with Crippen molar-refractivity contribution in [1.29, 1.82) is 0 Å². The summed E-state index contributed by atoms with van der Waals surface area (Å²) < 4.78 is 6.37. The van der Waals surface area contributed by atoms with Crippen LogP contribution < -0.4 is 5.32 Å². The van der Waals surface area contributed by atoms with Gasteiger partial charge in [-0.15, -0.1) is 0 Å². The van der Waals surface area contributed by atoms with Gasteiger partial charge in [0.15, 0.2) is 0 Å². The molecule has 8 heteroatoms. The molecule has 0 spiro atoms. The number of nitrogens with one attached hydrogen (secondary N) is 1. The zero-order valence-electron chi connectivity index (χ0n) is 10.5. The normalized spacial score (nSPS) is 10.6. The van der Waals surface area contributed by atoms with Crippen molar-refractivity contribution >= 4 is 34.8 Å². The van der Waals surface area contributed by atoms with Crippen molar-refractivity contribution in [3.8, 4) is 5.69 Å². The monoisotopic (exact) mass is 322 g/mol. The van der Waals surface area contributed by atoms with E-state index in [-0.39, 0.29) is 10.8 Å². The van der Waals surface area contributed by atoms with Crippen molar-refractivity contribution in [2.45, 2.75) is 0 Å². The van der Waals surface area contributed by atoms with Gasteiger partial charge in [0.05, 0.1) is 22.5 Å². The maximum atomic E-state index is 12.2. The third-order valence-electron chi connectivity index (χ3n) is 2.75. The Labute approximate surface area is 129 Å². The average molecular weight is 323 g/mol. The van der Waals surface area contributed by atoms with E-state index in [2.05, 4.69) is 15.4 Å². The van der Waals surface area contributed by atoms with Gasteiger partial charge in [-0.3, -0.25) is 4.79 Å². The molecule has 0 aliphatic heterocycles. The fourth-order valence-electron chi connectivity index (χ4n) is 1.82. The number of nitrogens with zero attached hydrogens (tertiary/aromatic N) is 3. The van der Waals surface area contributed by atoms with E-state index < -0.39 is 5.91 Å². The lowest BCUT2D eigenvalue weighted by Crippen LogP contribution is -2.14. The van der Waals surface area contributed by atoms with Gasteiger partial charge in [0.2, 0.25) is 5.22 Å². The van der Waals surface area contributed by atoms with Gasteiger partial charge in [0.1, 0.15) is 18.3 Å². The number of hydrogen-bond acceptors (Lipinski definition) is 4. The summed E-state index contributed by atoms with van der Waals surface area (Å²) >= 11 is 12.0. The van der Waals surface area contributed by atoms with E-state index in [9.17, 15) is 4.79 Å². The Hall–Kier alpha value is -2.31. The topological polar surface area (TPSA) is 73.0 Å². The summed E-state index contributed by atoms with van der Waals surface area (Å²) in [5, 5.41) is 7.20. The van der Waals surface area contributed by atoms with Gasteiger partial charge in [-0.2, -0.15) is 5.10 Å². The lowest BCUT2D eigenvalue weighted by molar-refractivity contribution is 0.102. The molecular formula is C13H8Cl2N4O2. The molecule has 2 heterocycles. The van der Waals surface area contributed by atoms with Crippen LogP contribution >= 0.6 is 23.2 Å². The Morgan fingerprint density at radius 1 is 1.29 bits per heavy atom. The molecule has 1 aromatic carbocycles. The van der Waals surface area contributed by atoms with Gasteiger partial charge >= 0.3 is 0 Å². The minimum absolute atomic E-state index is 0.0248. The smallest absolute Gasteiger partial charge is 0.260 e. The van der Waals surface area contributed by atoms with E-state index >= 15 is 0 Å². The van der Waals surface area contributed by atoms with Crippen molar-refractivity contribution in [2.75, 3.05) is 5.32 Å². The van der Waals surface area contributed by atoms with E-state index in [0.717, 1.165) is 0 Å². The Bertz CT molecular complexity index is 783. The molecule has 3 aromatic rings. The molecule has 21 heavy (non-hydrogen) atoms. The molecular weight excluding hydrogens is 315 g/mol. The van der Waals surface area contributed by atoms with Gasteiger partial charge in [0, 0.05) is 0 Å². The van der Waals surface area contributed by atoms with Gasteiger partial charge in [-0.1, -0.05) is 17.7 Å². The molecule has 3 rings (SSSR count). The standard InChI is InChI=1S/C13H8Cl2N4O2/c14-9-2-1-3-10(11(9)19-7-16-6-17-19)18-13(20)8-4-5-21-12(8)15/h1-7H,(H,18,20). The average Bonchev–Trinajstić information content (AvgIpc) is 3.10. The molecule has 2 aromatic heterocycles. The third kappa shape index (κ3) is 2.63. The van der Waals surface area contributed by atoms with Crippen LogP contribution in [0.3, 0.4) is 0 Å². The molecule has 106 valence electrons. The number of para-hydroxylation sites is 1. The molecule has 0 aliphatic rings. The van der Waals surface area contributed by atoms with Crippen LogP contribution in [0.4, 0.5) is 5.69 Å². The molecule has 0 saturated carbocycles. The quantitative estimate of drug-likeness (QED) is 0.801. The second-order valence-electron chi connectivity index (χ2n) is 4.04. The SMILES string of the molecule is O=C(Nc1cccc(Cl)c1-n1cncn1)c1ccoc1Cl. The Morgan fingerprint density at radius 3 is 2.81 bits per heavy atom. The van der Waals surface area contributed by atoms with Crippen LogP contribution in [0.25, 0.3) is 5.69 Å². The maximum absolute atomic E-state index is 12.2. The first kappa shape index (κ1) is 13.7. The molecule has 1 N–H and O–H groups in total. The second kappa shape index (κ2) is 5.59. The van der Waals surface area contributed by atoms with Crippen LogP contribution in [0, 0.1) is 0 Å². The van der Waals surface area contributed by atoms with E-state index in [4.69, 9.17) is 27.6 Å². The van der Waals surface area contributed by atoms with Gasteiger partial charge in [-0.25, -0.2) is 9.67 Å². The van der Waals surface area contributed by atoms with Gasteiger partial charge in [-0.05, 0) is 29.8 Å². The molecule has 0 bridgehead atoms. The van der Waals surface area contributed by atoms with Crippen molar-refractivity contribution in [2.24, 2.45) is 0 Å². The maximum Gasteiger partial charge on any atom is 0.260 e. The molecule has 0 atom stereocenters. The second-order valence-corrected chi connectivity index (χ2v) is 4.79. The van der Waals surface area contributed by atoms with Crippen LogP contribution in [0.15, 0.2) is 47.6 Å². The number of halogens is 2. The fraction of sp³-hybridized carbons (Fsp3) is 0. The number of amides is 1. The van der Waals surface area contributed by atoms with Crippen molar-refractivity contribution in [1.82, 2.24) is 14.8 Å². The molecule has 0 saturated heterocycles. The highest BCUT2D eigenvalue weighted by molar-refractivity contribution is 6.34. The number of benzene rings is 1. The minimum Gasteiger partial charge on any atom is -0.452 e. The molecule has 0 unspecified atom stereocenters. The van der Waals surface area contributed by atoms with Crippen LogP contribution in [0.1, 0.15) is 10.4 Å². The molecule has 6 nitrogen and oxygen atoms in total. The summed E-state index contributed by atoms with van der Waals surface area (Å²) in [7, 11) is 0. The highest BCUT2D eigenvalue weighted by Crippen LogP contribution is 2.28. The number of carbonyl (C=O) groups excluding carboxylic acids is 1. The van der Waals surface area contributed by atoms with Crippen LogP contribution in [-0.4, -0.2) is 20.7 Å². The number of aromatic nitrogens is 3. The van der Waals surface area contributed by atoms with E-state index in [1.165, 1.54) is 29.7 Å². The number of anilines is 1. The van der Waals surface area contributed by atoms with E-state index in [1.54, 1.807) is 18.2 Å². The number of furan rings is 1. The van der Waals surface area contributed by atoms with Crippen LogP contribution in [-0.2, 0) is 0 Å². The van der Waals surface area contributed by atoms with Crippen molar-refractivity contribution in [3.63, 3.8) is 0 Å². The summed E-state index contributed by atoms with van der Waals surface area (Å²) in [6.07, 6.45) is 4.21. The highest BCUT2D eigenvalue weighted by atomic mass is 35.5. The Morgan fingerprint density at radius 2 is 2.14 bits per heavy atom. The molecule has 0 radical (unpaired) electrons. The highest BCUT2D eigenvalue weighted by Gasteiger charge is 2.17. The Kier molecular flexibility index (Phi) is 3.64. The number of carbonyl (C=O) groups is 1. The molecule has 1 amide bonds. The van der Waals surface area contributed by atoms with Gasteiger partial charge in [0.25, 0.3) is 5.91 Å². The van der Waals surface area contributed by atoms with E-state index in [1.807, 2.05) is 0 Å². The zero-order chi connectivity index (χ0) is 14.8. The summed E-state index contributed by atoms with van der Waals surface area (Å²) in [6, 6.07) is 6.60. The van der Waals surface area contributed by atoms with Crippen LogP contribution in [0.2, 0.25) is 10.2 Å². The lowest BCUT2D eigenvalue weighted by atomic mass is 10.2. The number of hydrogen-bond donors (Lipinski definition) is 1. The fourth-order valence-corrected chi connectivity index (χ4v) is 2.28. The molecule has 0 fully saturated rings. The predicted octanol–water partition coefficient (Wildman–Crippen LogP) is 3.42. The summed E-state index contributed by atoms with van der Waals surface area (Å²) in [5.41, 5.74) is 1.24. The predicted molar refractivity (Wildman–Crippen MR) is 78.0 cm³/mol. The first-order valence-electron chi connectivity index (χ1n) is 5.84. The summed E-state index contributed by atoms with van der Waals surface area (Å²) in [5.74, 6) is -0.405. The first-order valence-corrected chi connectivity index (χ1v) is 6.60. The third-order valence-corrected chi connectivity index (χ3v) is 3.34. The minimum atomic E-state index is -0.405. The Balaban J connectivity index is 1.98. The zero-order valence-corrected chi connectivity index (χ0v) is 12.0. The first-order chi connectivity index (χ1) is 10.2. The van der Waals surface area contributed by atoms with Crippen LogP contribution in [0.5, 0.6) is 0 Å².